The lowest BCUT2D eigenvalue weighted by atomic mass is 9.81. The number of methoxy groups -OCH3 is 2. The number of ether oxygens (including phenoxy) is 3. The van der Waals surface area contributed by atoms with E-state index in [0.29, 0.717) is 23.4 Å². The average molecular weight is 508 g/mol. The van der Waals surface area contributed by atoms with E-state index in [1.807, 2.05) is 6.92 Å². The summed E-state index contributed by atoms with van der Waals surface area (Å²) in [6.07, 6.45) is 0.0810. The van der Waals surface area contributed by atoms with E-state index in [0.717, 1.165) is 24.1 Å². The molecule has 2 aromatic carbocycles. The average Bonchev–Trinajstić information content (AvgIpc) is 3.16. The molecule has 0 bridgehead atoms. The van der Waals surface area contributed by atoms with E-state index in [1.54, 1.807) is 36.4 Å². The third-order valence-corrected chi connectivity index (χ3v) is 8.72. The summed E-state index contributed by atoms with van der Waals surface area (Å²) in [6.45, 7) is 2.10. The quantitative estimate of drug-likeness (QED) is 0.452. The number of halogens is 1. The summed E-state index contributed by atoms with van der Waals surface area (Å²) in [5.74, 6) is -2.61. The van der Waals surface area contributed by atoms with Crippen LogP contribution in [0.2, 0.25) is 5.02 Å². The highest BCUT2D eigenvalue weighted by molar-refractivity contribution is 7.89. The number of nitrogens with zero attached hydrogens (tertiary/aromatic N) is 1. The summed E-state index contributed by atoms with van der Waals surface area (Å²) < 4.78 is 45.5. The van der Waals surface area contributed by atoms with E-state index in [1.165, 1.54) is 12.1 Å². The van der Waals surface area contributed by atoms with Gasteiger partial charge in [-0.2, -0.15) is 4.31 Å². The lowest BCUT2D eigenvalue weighted by molar-refractivity contribution is -0.177. The molecule has 0 spiro atoms. The third-order valence-electron chi connectivity index (χ3n) is 6.57. The Balaban J connectivity index is 2.05. The molecule has 10 heteroatoms. The molecule has 4 rings (SSSR count). The zero-order valence-electron chi connectivity index (χ0n) is 19.1. The van der Waals surface area contributed by atoms with Crippen molar-refractivity contribution >= 4 is 33.6 Å². The highest BCUT2D eigenvalue weighted by Gasteiger charge is 2.73. The lowest BCUT2D eigenvalue weighted by Crippen LogP contribution is -2.65. The molecule has 0 radical (unpaired) electrons. The first kappa shape index (κ1) is 24.7. The van der Waals surface area contributed by atoms with Crippen molar-refractivity contribution in [1.29, 1.82) is 0 Å². The van der Waals surface area contributed by atoms with Crippen molar-refractivity contribution in [3.8, 4) is 0 Å². The topological polar surface area (TPSA) is 99.2 Å². The molecule has 0 N–H and O–H groups in total. The minimum Gasteiger partial charge on any atom is -0.467 e. The summed E-state index contributed by atoms with van der Waals surface area (Å²) in [6, 6.07) is 12.0. The van der Waals surface area contributed by atoms with Gasteiger partial charge in [0.1, 0.15) is 6.10 Å². The van der Waals surface area contributed by atoms with Crippen molar-refractivity contribution in [2.75, 3.05) is 20.8 Å². The third kappa shape index (κ3) is 3.71. The molecule has 2 heterocycles. The summed E-state index contributed by atoms with van der Waals surface area (Å²) in [5.41, 5.74) is -0.920. The second kappa shape index (κ2) is 9.30. The van der Waals surface area contributed by atoms with E-state index in [9.17, 15) is 18.0 Å². The molecule has 2 fully saturated rings. The fraction of sp³-hybridized carbons (Fsp3) is 0.417. The van der Waals surface area contributed by atoms with Crippen LogP contribution in [0.4, 0.5) is 0 Å². The standard InChI is InChI=1S/C24H26ClNO7S/c1-15-6-12-18(13-7-15)34(29,30)26-20(16-8-10-17(25)11-9-16)19-5-4-14-33-21(19)24(26,22(27)31-2)23(28)32-3/h6-13,19-21H,4-5,14H2,1-3H3/t19-,20+,21+/m1/s1. The zero-order valence-corrected chi connectivity index (χ0v) is 20.6. The Hall–Kier alpha value is -2.46. The highest BCUT2D eigenvalue weighted by atomic mass is 35.5. The van der Waals surface area contributed by atoms with Crippen LogP contribution in [0.5, 0.6) is 0 Å². The lowest BCUT2D eigenvalue weighted by Gasteiger charge is -2.37. The van der Waals surface area contributed by atoms with Gasteiger partial charge in [-0.1, -0.05) is 41.4 Å². The molecule has 8 nitrogen and oxygen atoms in total. The Labute approximate surface area is 203 Å². The number of fused-ring (bicyclic) bond motifs is 1. The van der Waals surface area contributed by atoms with Crippen LogP contribution in [0.1, 0.15) is 30.0 Å². The van der Waals surface area contributed by atoms with Gasteiger partial charge in [0.05, 0.1) is 25.2 Å². The molecule has 2 aliphatic heterocycles. The van der Waals surface area contributed by atoms with Gasteiger partial charge >= 0.3 is 11.9 Å². The van der Waals surface area contributed by atoms with Crippen molar-refractivity contribution < 1.29 is 32.2 Å². The van der Waals surface area contributed by atoms with Gasteiger partial charge in [-0.3, -0.25) is 0 Å². The number of hydrogen-bond acceptors (Lipinski definition) is 7. The Morgan fingerprint density at radius 1 is 1.03 bits per heavy atom. The number of carbonyl (C=O) groups is 2. The first-order valence-electron chi connectivity index (χ1n) is 10.8. The first-order chi connectivity index (χ1) is 16.2. The molecule has 0 aromatic heterocycles. The maximum absolute atomic E-state index is 14.2. The molecule has 0 saturated carbocycles. The van der Waals surface area contributed by atoms with E-state index < -0.39 is 45.6 Å². The van der Waals surface area contributed by atoms with Crippen molar-refractivity contribution in [2.45, 2.75) is 42.3 Å². The van der Waals surface area contributed by atoms with Gasteiger partial charge in [0, 0.05) is 17.5 Å². The summed E-state index contributed by atoms with van der Waals surface area (Å²) >= 11 is 6.09. The fourth-order valence-corrected chi connectivity index (χ4v) is 7.13. The molecule has 2 saturated heterocycles. The molecule has 0 amide bonds. The van der Waals surface area contributed by atoms with Crippen LogP contribution in [0, 0.1) is 12.8 Å². The number of benzene rings is 2. The second-order valence-electron chi connectivity index (χ2n) is 8.46. The Kier molecular flexibility index (Phi) is 6.74. The number of carbonyl (C=O) groups excluding carboxylic acids is 2. The molecule has 3 atom stereocenters. The first-order valence-corrected chi connectivity index (χ1v) is 12.7. The number of rotatable bonds is 5. The summed E-state index contributed by atoms with van der Waals surface area (Å²) in [7, 11) is -2.20. The van der Waals surface area contributed by atoms with Gasteiger partial charge in [0.2, 0.25) is 10.0 Å². The smallest absolute Gasteiger partial charge is 0.341 e. The molecule has 182 valence electrons. The van der Waals surface area contributed by atoms with E-state index in [2.05, 4.69) is 0 Å². The predicted octanol–water partition coefficient (Wildman–Crippen LogP) is 3.27. The van der Waals surface area contributed by atoms with Crippen LogP contribution in [-0.4, -0.2) is 57.1 Å². The van der Waals surface area contributed by atoms with Gasteiger partial charge in [0.25, 0.3) is 5.54 Å². The summed E-state index contributed by atoms with van der Waals surface area (Å²) in [4.78, 5) is 26.8. The maximum Gasteiger partial charge on any atom is 0.341 e. The van der Waals surface area contributed by atoms with Gasteiger partial charge in [0.15, 0.2) is 0 Å². The Bertz CT molecular complexity index is 1160. The number of aryl methyl sites for hydroxylation is 1. The van der Waals surface area contributed by atoms with Crippen LogP contribution in [0.3, 0.4) is 0 Å². The molecule has 2 aliphatic rings. The number of esters is 2. The van der Waals surface area contributed by atoms with Crippen LogP contribution in [-0.2, 0) is 33.8 Å². The minimum atomic E-state index is -4.42. The van der Waals surface area contributed by atoms with Crippen LogP contribution < -0.4 is 0 Å². The molecule has 0 unspecified atom stereocenters. The van der Waals surface area contributed by atoms with Crippen LogP contribution in [0.25, 0.3) is 0 Å². The van der Waals surface area contributed by atoms with Crippen LogP contribution >= 0.6 is 11.6 Å². The molecule has 2 aromatic rings. The van der Waals surface area contributed by atoms with Crippen molar-refractivity contribution in [2.24, 2.45) is 5.92 Å². The van der Waals surface area contributed by atoms with Gasteiger partial charge in [-0.25, -0.2) is 18.0 Å². The second-order valence-corrected chi connectivity index (χ2v) is 10.7. The van der Waals surface area contributed by atoms with Gasteiger partial charge in [-0.05, 0) is 49.6 Å². The van der Waals surface area contributed by atoms with Gasteiger partial charge in [-0.15, -0.1) is 0 Å². The number of hydrogen-bond donors (Lipinski definition) is 0. The molecule has 34 heavy (non-hydrogen) atoms. The van der Waals surface area contributed by atoms with Gasteiger partial charge < -0.3 is 14.2 Å². The summed E-state index contributed by atoms with van der Waals surface area (Å²) in [5, 5.41) is 0.471. The van der Waals surface area contributed by atoms with E-state index in [-0.39, 0.29) is 11.5 Å². The van der Waals surface area contributed by atoms with Crippen molar-refractivity contribution in [3.63, 3.8) is 0 Å². The maximum atomic E-state index is 14.2. The predicted molar refractivity (Wildman–Crippen MR) is 124 cm³/mol. The molecular formula is C24H26ClNO7S. The minimum absolute atomic E-state index is 0.0621. The highest BCUT2D eigenvalue weighted by Crippen LogP contribution is 2.55. The number of sulfonamides is 1. The largest absolute Gasteiger partial charge is 0.467 e. The fourth-order valence-electron chi connectivity index (χ4n) is 5.09. The molecule has 0 aliphatic carbocycles. The van der Waals surface area contributed by atoms with Crippen molar-refractivity contribution in [3.05, 3.63) is 64.7 Å². The van der Waals surface area contributed by atoms with E-state index >= 15 is 0 Å². The Morgan fingerprint density at radius 3 is 2.18 bits per heavy atom. The normalized spacial score (nSPS) is 24.3. The monoisotopic (exact) mass is 507 g/mol. The molecular weight excluding hydrogens is 482 g/mol. The zero-order chi connectivity index (χ0) is 24.7. The van der Waals surface area contributed by atoms with Crippen LogP contribution in [0.15, 0.2) is 53.4 Å². The van der Waals surface area contributed by atoms with E-state index in [4.69, 9.17) is 25.8 Å². The Morgan fingerprint density at radius 2 is 1.62 bits per heavy atom. The van der Waals surface area contributed by atoms with Crippen molar-refractivity contribution in [1.82, 2.24) is 4.31 Å². The SMILES string of the molecule is COC(=O)C1(C(=O)OC)[C@H]2OCCC[C@@H]2[C@H](c2ccc(Cl)cc2)N1S(=O)(=O)c1ccc(C)cc1.